The second-order valence-electron chi connectivity index (χ2n) is 6.45. The highest BCUT2D eigenvalue weighted by atomic mass is 32.1. The molecule has 0 amide bonds. The van der Waals surface area contributed by atoms with Gasteiger partial charge in [-0.15, -0.1) is 11.3 Å². The number of piperidine rings is 1. The number of nitrogens with zero attached hydrogens (tertiary/aromatic N) is 3. The third-order valence-corrected chi connectivity index (χ3v) is 5.29. The molecule has 0 N–H and O–H groups in total. The highest BCUT2D eigenvalue weighted by molar-refractivity contribution is 7.07. The van der Waals surface area contributed by atoms with Gasteiger partial charge in [0.25, 0.3) is 0 Å². The second kappa shape index (κ2) is 7.36. The van der Waals surface area contributed by atoms with Crippen molar-refractivity contribution in [1.29, 1.82) is 0 Å². The molecular formula is C18H25N3S. The van der Waals surface area contributed by atoms with Crippen molar-refractivity contribution >= 4 is 11.3 Å². The first-order valence-electron chi connectivity index (χ1n) is 8.06. The Morgan fingerprint density at radius 3 is 2.82 bits per heavy atom. The van der Waals surface area contributed by atoms with Crippen LogP contribution in [-0.2, 0) is 13.1 Å². The Kier molecular flexibility index (Phi) is 5.24. The maximum Gasteiger partial charge on any atom is 0.0795 e. The van der Waals surface area contributed by atoms with E-state index in [1.165, 1.54) is 30.8 Å². The second-order valence-corrected chi connectivity index (χ2v) is 7.17. The van der Waals surface area contributed by atoms with Gasteiger partial charge in [-0.3, -0.25) is 9.80 Å². The molecule has 22 heavy (non-hydrogen) atoms. The van der Waals surface area contributed by atoms with E-state index in [1.54, 1.807) is 11.3 Å². The smallest absolute Gasteiger partial charge is 0.0795 e. The molecule has 0 unspecified atom stereocenters. The molecule has 1 aromatic heterocycles. The molecule has 4 heteroatoms. The average molecular weight is 315 g/mol. The molecule has 3 rings (SSSR count). The van der Waals surface area contributed by atoms with Crippen molar-refractivity contribution in [3.63, 3.8) is 0 Å². The zero-order valence-corrected chi connectivity index (χ0v) is 14.3. The summed E-state index contributed by atoms with van der Waals surface area (Å²) < 4.78 is 0. The molecule has 118 valence electrons. The Hall–Kier alpha value is -1.23. The fourth-order valence-corrected chi connectivity index (χ4v) is 4.10. The minimum atomic E-state index is 0.661. The molecule has 1 fully saturated rings. The van der Waals surface area contributed by atoms with Crippen LogP contribution in [-0.4, -0.2) is 41.0 Å². The topological polar surface area (TPSA) is 19.4 Å². The molecular weight excluding hydrogens is 290 g/mol. The van der Waals surface area contributed by atoms with Gasteiger partial charge in [-0.05, 0) is 31.5 Å². The lowest BCUT2D eigenvalue weighted by Gasteiger charge is -2.41. The summed E-state index contributed by atoms with van der Waals surface area (Å²) in [5.74, 6) is 0.695. The van der Waals surface area contributed by atoms with Gasteiger partial charge in [0, 0.05) is 31.1 Å². The van der Waals surface area contributed by atoms with Crippen LogP contribution in [0.4, 0.5) is 0 Å². The molecule has 2 heterocycles. The van der Waals surface area contributed by atoms with E-state index < -0.39 is 0 Å². The lowest BCUT2D eigenvalue weighted by atomic mass is 9.92. The summed E-state index contributed by atoms with van der Waals surface area (Å²) >= 11 is 1.68. The van der Waals surface area contributed by atoms with Gasteiger partial charge in [0.05, 0.1) is 11.2 Å². The minimum absolute atomic E-state index is 0.661. The van der Waals surface area contributed by atoms with E-state index in [0.717, 1.165) is 13.1 Å². The molecule has 0 spiro atoms. The van der Waals surface area contributed by atoms with Crippen LogP contribution in [0.15, 0.2) is 41.2 Å². The zero-order chi connectivity index (χ0) is 15.4. The quantitative estimate of drug-likeness (QED) is 0.842. The first kappa shape index (κ1) is 15.7. The lowest BCUT2D eigenvalue weighted by molar-refractivity contribution is 0.0714. The van der Waals surface area contributed by atoms with Crippen molar-refractivity contribution in [2.24, 2.45) is 5.92 Å². The first-order valence-corrected chi connectivity index (χ1v) is 9.00. The Balaban J connectivity index is 1.53. The lowest BCUT2D eigenvalue weighted by Crippen LogP contribution is -2.48. The van der Waals surface area contributed by atoms with Crippen LogP contribution < -0.4 is 0 Å². The molecule has 1 aliphatic heterocycles. The van der Waals surface area contributed by atoms with Gasteiger partial charge in [0.2, 0.25) is 0 Å². The summed E-state index contributed by atoms with van der Waals surface area (Å²) in [6.45, 7) is 6.80. The van der Waals surface area contributed by atoms with Crippen LogP contribution >= 0.6 is 11.3 Å². The third-order valence-electron chi connectivity index (χ3n) is 4.65. The van der Waals surface area contributed by atoms with E-state index in [9.17, 15) is 0 Å². The van der Waals surface area contributed by atoms with Gasteiger partial charge in [0.1, 0.15) is 0 Å². The van der Waals surface area contributed by atoms with Crippen molar-refractivity contribution in [3.8, 4) is 0 Å². The molecule has 0 radical (unpaired) electrons. The molecule has 0 aliphatic carbocycles. The number of hydrogen-bond donors (Lipinski definition) is 0. The fraction of sp³-hybridized carbons (Fsp3) is 0.500. The van der Waals surface area contributed by atoms with Gasteiger partial charge < -0.3 is 0 Å². The molecule has 1 aromatic carbocycles. The number of hydrogen-bond acceptors (Lipinski definition) is 4. The first-order chi connectivity index (χ1) is 10.7. The normalized spacial score (nSPS) is 23.0. The van der Waals surface area contributed by atoms with Crippen LogP contribution in [0.2, 0.25) is 0 Å². The van der Waals surface area contributed by atoms with Gasteiger partial charge in [-0.1, -0.05) is 37.3 Å². The Morgan fingerprint density at radius 2 is 2.14 bits per heavy atom. The summed E-state index contributed by atoms with van der Waals surface area (Å²) in [5, 5.41) is 2.16. The largest absolute Gasteiger partial charge is 0.299 e. The summed E-state index contributed by atoms with van der Waals surface area (Å²) in [7, 11) is 2.24. The summed E-state index contributed by atoms with van der Waals surface area (Å²) in [4.78, 5) is 9.49. The van der Waals surface area contributed by atoms with E-state index in [1.807, 2.05) is 5.51 Å². The van der Waals surface area contributed by atoms with E-state index in [0.29, 0.717) is 12.0 Å². The van der Waals surface area contributed by atoms with E-state index in [2.05, 4.69) is 64.5 Å². The maximum absolute atomic E-state index is 4.41. The highest BCUT2D eigenvalue weighted by Gasteiger charge is 2.28. The van der Waals surface area contributed by atoms with Crippen LogP contribution in [0.25, 0.3) is 0 Å². The average Bonchev–Trinajstić information content (AvgIpc) is 3.01. The fourth-order valence-electron chi connectivity index (χ4n) is 3.55. The van der Waals surface area contributed by atoms with Crippen LogP contribution in [0.5, 0.6) is 0 Å². The predicted molar refractivity (Wildman–Crippen MR) is 92.9 cm³/mol. The predicted octanol–water partition coefficient (Wildman–Crippen LogP) is 3.49. The summed E-state index contributed by atoms with van der Waals surface area (Å²) in [5.41, 5.74) is 4.55. The van der Waals surface area contributed by atoms with Crippen LogP contribution in [0.3, 0.4) is 0 Å². The van der Waals surface area contributed by atoms with E-state index in [-0.39, 0.29) is 0 Å². The van der Waals surface area contributed by atoms with E-state index in [4.69, 9.17) is 0 Å². The van der Waals surface area contributed by atoms with Crippen LogP contribution in [0.1, 0.15) is 24.6 Å². The standard InChI is InChI=1S/C18H25N3S/c1-15-10-21(11-16-6-4-3-5-7-16)9-8-18(15)20(2)12-17-13-22-14-19-17/h3-7,13-15,18H,8-12H2,1-2H3/t15-,18+/m0/s1. The van der Waals surface area contributed by atoms with Gasteiger partial charge >= 0.3 is 0 Å². The molecule has 0 bridgehead atoms. The highest BCUT2D eigenvalue weighted by Crippen LogP contribution is 2.23. The van der Waals surface area contributed by atoms with Crippen molar-refractivity contribution in [3.05, 3.63) is 52.5 Å². The van der Waals surface area contributed by atoms with Crippen molar-refractivity contribution in [2.45, 2.75) is 32.5 Å². The minimum Gasteiger partial charge on any atom is -0.299 e. The number of benzene rings is 1. The Morgan fingerprint density at radius 1 is 1.32 bits per heavy atom. The summed E-state index contributed by atoms with van der Waals surface area (Å²) in [6.07, 6.45) is 1.24. The van der Waals surface area contributed by atoms with Gasteiger partial charge in [-0.2, -0.15) is 0 Å². The third kappa shape index (κ3) is 3.94. The molecule has 3 nitrogen and oxygen atoms in total. The van der Waals surface area contributed by atoms with Gasteiger partial charge in [0.15, 0.2) is 0 Å². The Bertz CT molecular complexity index is 555. The zero-order valence-electron chi connectivity index (χ0n) is 13.5. The SMILES string of the molecule is C[C@H]1CN(Cc2ccccc2)CC[C@H]1N(C)Cc1cscn1. The van der Waals surface area contributed by atoms with Crippen LogP contribution in [0, 0.1) is 5.92 Å². The van der Waals surface area contributed by atoms with Gasteiger partial charge in [-0.25, -0.2) is 4.98 Å². The monoisotopic (exact) mass is 315 g/mol. The number of likely N-dealkylation sites (tertiary alicyclic amines) is 1. The molecule has 1 saturated heterocycles. The van der Waals surface area contributed by atoms with Crippen molar-refractivity contribution < 1.29 is 0 Å². The molecule has 2 atom stereocenters. The Labute approximate surface area is 137 Å². The molecule has 2 aromatic rings. The van der Waals surface area contributed by atoms with Crippen molar-refractivity contribution in [1.82, 2.24) is 14.8 Å². The number of thiazole rings is 1. The maximum atomic E-state index is 4.41. The molecule has 0 saturated carbocycles. The van der Waals surface area contributed by atoms with Crippen molar-refractivity contribution in [2.75, 3.05) is 20.1 Å². The van der Waals surface area contributed by atoms with E-state index >= 15 is 0 Å². The number of aromatic nitrogens is 1. The summed E-state index contributed by atoms with van der Waals surface area (Å²) in [6, 6.07) is 11.5. The molecule has 1 aliphatic rings. The number of rotatable bonds is 5.